The van der Waals surface area contributed by atoms with E-state index in [9.17, 15) is 5.11 Å². The molecule has 4 heteroatoms. The van der Waals surface area contributed by atoms with E-state index < -0.39 is 0 Å². The van der Waals surface area contributed by atoms with Gasteiger partial charge in [0.05, 0.1) is 12.7 Å². The molecule has 2 unspecified atom stereocenters. The number of aliphatic hydroxyl groups is 1. The quantitative estimate of drug-likeness (QED) is 0.661. The lowest BCUT2D eigenvalue weighted by Gasteiger charge is -2.25. The van der Waals surface area contributed by atoms with E-state index in [-0.39, 0.29) is 6.10 Å². The summed E-state index contributed by atoms with van der Waals surface area (Å²) in [5.74, 6) is 2.47. The van der Waals surface area contributed by atoms with Gasteiger partial charge in [0, 0.05) is 24.9 Å². The molecular weight excluding hydrogens is 222 g/mol. The number of likely N-dealkylation sites (N-methyl/N-ethyl adjacent to an activating group) is 1. The lowest BCUT2D eigenvalue weighted by atomic mass is 10.2. The number of hydrogen-bond acceptors (Lipinski definition) is 4. The van der Waals surface area contributed by atoms with Gasteiger partial charge in [-0.2, -0.15) is 11.8 Å². The molecule has 1 rings (SSSR count). The molecule has 0 aromatic rings. The minimum atomic E-state index is -0.340. The van der Waals surface area contributed by atoms with Crippen LogP contribution >= 0.6 is 11.8 Å². The average molecular weight is 247 g/mol. The minimum absolute atomic E-state index is 0.340. The van der Waals surface area contributed by atoms with Gasteiger partial charge >= 0.3 is 0 Å². The molecule has 1 N–H and O–H groups in total. The SMILES string of the molecule is CCCCOCC(O)CN(C)C1CCSC1. The number of unbranched alkanes of at least 4 members (excludes halogenated alkanes) is 1. The Hall–Kier alpha value is 0.230. The lowest BCUT2D eigenvalue weighted by molar-refractivity contribution is 0.0150. The summed E-state index contributed by atoms with van der Waals surface area (Å²) in [6, 6.07) is 0.648. The highest BCUT2D eigenvalue weighted by Gasteiger charge is 2.21. The fourth-order valence-electron chi connectivity index (χ4n) is 1.87. The first-order valence-corrected chi connectivity index (χ1v) is 7.43. The third-order valence-electron chi connectivity index (χ3n) is 2.98. The van der Waals surface area contributed by atoms with Crippen molar-refractivity contribution >= 4 is 11.8 Å². The standard InChI is InChI=1S/C12H25NO2S/c1-3-4-6-15-9-12(14)8-13(2)11-5-7-16-10-11/h11-12,14H,3-10H2,1-2H3. The lowest BCUT2D eigenvalue weighted by Crippen LogP contribution is -2.39. The third-order valence-corrected chi connectivity index (χ3v) is 4.13. The van der Waals surface area contributed by atoms with E-state index in [1.165, 1.54) is 17.9 Å². The van der Waals surface area contributed by atoms with Crippen LogP contribution in [-0.4, -0.2) is 60.5 Å². The van der Waals surface area contributed by atoms with E-state index in [2.05, 4.69) is 18.9 Å². The normalized spacial score (nSPS) is 22.9. The predicted molar refractivity (Wildman–Crippen MR) is 70.1 cm³/mol. The smallest absolute Gasteiger partial charge is 0.0900 e. The number of hydrogen-bond donors (Lipinski definition) is 1. The minimum Gasteiger partial charge on any atom is -0.389 e. The number of thioether (sulfide) groups is 1. The summed E-state index contributed by atoms with van der Waals surface area (Å²) in [4.78, 5) is 2.27. The maximum absolute atomic E-state index is 9.81. The van der Waals surface area contributed by atoms with Crippen molar-refractivity contribution in [3.63, 3.8) is 0 Å². The maximum Gasteiger partial charge on any atom is 0.0900 e. The number of aliphatic hydroxyl groups excluding tert-OH is 1. The molecule has 0 spiro atoms. The summed E-state index contributed by atoms with van der Waals surface area (Å²) in [7, 11) is 2.10. The molecule has 96 valence electrons. The molecule has 0 bridgehead atoms. The fraction of sp³-hybridized carbons (Fsp3) is 1.00. The second-order valence-electron chi connectivity index (χ2n) is 4.54. The van der Waals surface area contributed by atoms with Crippen LogP contribution in [0.2, 0.25) is 0 Å². The second kappa shape index (κ2) is 8.34. The van der Waals surface area contributed by atoms with Crippen molar-refractivity contribution in [2.45, 2.75) is 38.3 Å². The molecule has 1 aliphatic heterocycles. The van der Waals surface area contributed by atoms with Crippen molar-refractivity contribution in [2.24, 2.45) is 0 Å². The van der Waals surface area contributed by atoms with E-state index >= 15 is 0 Å². The average Bonchev–Trinajstić information content (AvgIpc) is 2.77. The Morgan fingerprint density at radius 3 is 3.00 bits per heavy atom. The topological polar surface area (TPSA) is 32.7 Å². The van der Waals surface area contributed by atoms with Crippen molar-refractivity contribution in [1.29, 1.82) is 0 Å². The van der Waals surface area contributed by atoms with Gasteiger partial charge in [0.25, 0.3) is 0 Å². The molecule has 0 amide bonds. The van der Waals surface area contributed by atoms with Crippen molar-refractivity contribution in [3.8, 4) is 0 Å². The van der Waals surface area contributed by atoms with Gasteiger partial charge in [-0.1, -0.05) is 13.3 Å². The van der Waals surface area contributed by atoms with Crippen molar-refractivity contribution in [2.75, 3.05) is 38.3 Å². The summed E-state index contributed by atoms with van der Waals surface area (Å²) < 4.78 is 5.42. The molecule has 0 aliphatic carbocycles. The van der Waals surface area contributed by atoms with Gasteiger partial charge in [0.1, 0.15) is 0 Å². The van der Waals surface area contributed by atoms with Crippen LogP contribution < -0.4 is 0 Å². The van der Waals surface area contributed by atoms with Gasteiger partial charge in [-0.15, -0.1) is 0 Å². The zero-order chi connectivity index (χ0) is 11.8. The Labute approximate surface area is 104 Å². The molecular formula is C12H25NO2S. The molecule has 0 aromatic heterocycles. The Kier molecular flexibility index (Phi) is 7.45. The van der Waals surface area contributed by atoms with Crippen LogP contribution in [0.3, 0.4) is 0 Å². The molecule has 1 saturated heterocycles. The summed E-state index contributed by atoms with van der Waals surface area (Å²) >= 11 is 2.01. The van der Waals surface area contributed by atoms with E-state index in [1.54, 1.807) is 0 Å². The molecule has 0 saturated carbocycles. The zero-order valence-electron chi connectivity index (χ0n) is 10.5. The predicted octanol–water partition coefficient (Wildman–Crippen LogP) is 1.60. The Bertz CT molecular complexity index is 174. The highest BCUT2D eigenvalue weighted by Crippen LogP contribution is 2.21. The molecule has 1 aliphatic rings. The fourth-order valence-corrected chi connectivity index (χ4v) is 3.17. The molecule has 1 heterocycles. The van der Waals surface area contributed by atoms with Gasteiger partial charge < -0.3 is 9.84 Å². The number of ether oxygens (including phenoxy) is 1. The maximum atomic E-state index is 9.81. The van der Waals surface area contributed by atoms with Gasteiger partial charge in [-0.25, -0.2) is 0 Å². The first-order valence-electron chi connectivity index (χ1n) is 6.27. The highest BCUT2D eigenvalue weighted by atomic mass is 32.2. The summed E-state index contributed by atoms with van der Waals surface area (Å²) in [5.41, 5.74) is 0. The van der Waals surface area contributed by atoms with Crippen molar-refractivity contribution in [1.82, 2.24) is 4.90 Å². The van der Waals surface area contributed by atoms with Gasteiger partial charge in [0.15, 0.2) is 0 Å². The van der Waals surface area contributed by atoms with Crippen molar-refractivity contribution in [3.05, 3.63) is 0 Å². The van der Waals surface area contributed by atoms with E-state index in [4.69, 9.17) is 4.74 Å². The first kappa shape index (κ1) is 14.3. The van der Waals surface area contributed by atoms with Crippen LogP contribution in [0.15, 0.2) is 0 Å². The Balaban J connectivity index is 2.05. The number of nitrogens with zero attached hydrogens (tertiary/aromatic N) is 1. The van der Waals surface area contributed by atoms with E-state index in [0.29, 0.717) is 12.6 Å². The summed E-state index contributed by atoms with van der Waals surface area (Å²) in [6.45, 7) is 4.13. The Morgan fingerprint density at radius 2 is 2.38 bits per heavy atom. The van der Waals surface area contributed by atoms with Gasteiger partial charge in [0.2, 0.25) is 0 Å². The van der Waals surface area contributed by atoms with Crippen LogP contribution in [-0.2, 0) is 4.74 Å². The van der Waals surface area contributed by atoms with Crippen LogP contribution in [0.25, 0.3) is 0 Å². The summed E-state index contributed by atoms with van der Waals surface area (Å²) in [5, 5.41) is 9.81. The Morgan fingerprint density at radius 1 is 1.56 bits per heavy atom. The van der Waals surface area contributed by atoms with Gasteiger partial charge in [-0.3, -0.25) is 4.90 Å². The number of rotatable bonds is 8. The van der Waals surface area contributed by atoms with E-state index in [0.717, 1.165) is 26.0 Å². The molecule has 0 radical (unpaired) electrons. The van der Waals surface area contributed by atoms with Gasteiger partial charge in [-0.05, 0) is 25.6 Å². The third kappa shape index (κ3) is 5.53. The molecule has 2 atom stereocenters. The van der Waals surface area contributed by atoms with E-state index in [1.807, 2.05) is 11.8 Å². The summed E-state index contributed by atoms with van der Waals surface area (Å²) in [6.07, 6.45) is 3.15. The monoisotopic (exact) mass is 247 g/mol. The highest BCUT2D eigenvalue weighted by molar-refractivity contribution is 7.99. The van der Waals surface area contributed by atoms with Crippen molar-refractivity contribution < 1.29 is 9.84 Å². The van der Waals surface area contributed by atoms with Crippen LogP contribution in [0.1, 0.15) is 26.2 Å². The molecule has 1 fully saturated rings. The molecule has 3 nitrogen and oxygen atoms in total. The first-order chi connectivity index (χ1) is 7.74. The second-order valence-corrected chi connectivity index (χ2v) is 5.69. The zero-order valence-corrected chi connectivity index (χ0v) is 11.3. The molecule has 16 heavy (non-hydrogen) atoms. The van der Waals surface area contributed by atoms with Crippen LogP contribution in [0, 0.1) is 0 Å². The van der Waals surface area contributed by atoms with Crippen LogP contribution in [0.5, 0.6) is 0 Å². The molecule has 0 aromatic carbocycles. The largest absolute Gasteiger partial charge is 0.389 e. The van der Waals surface area contributed by atoms with Crippen LogP contribution in [0.4, 0.5) is 0 Å².